The molecule has 0 saturated heterocycles. The molecule has 2 heterocycles. The molecule has 0 saturated carbocycles. The summed E-state index contributed by atoms with van der Waals surface area (Å²) in [5.74, 6) is 1.83. The van der Waals surface area contributed by atoms with Crippen LogP contribution in [0.15, 0.2) is 41.7 Å². The molecule has 0 bridgehead atoms. The Morgan fingerprint density at radius 2 is 2.32 bits per heavy atom. The minimum absolute atomic E-state index is 0.638. The van der Waals surface area contributed by atoms with Crippen LogP contribution in [0.2, 0.25) is 0 Å². The molecule has 3 rings (SSSR count). The van der Waals surface area contributed by atoms with Crippen LogP contribution in [-0.4, -0.2) is 21.8 Å². The van der Waals surface area contributed by atoms with Gasteiger partial charge in [0.25, 0.3) is 0 Å². The van der Waals surface area contributed by atoms with Crippen LogP contribution in [0.1, 0.15) is 24.1 Å². The van der Waals surface area contributed by atoms with Crippen molar-refractivity contribution in [2.45, 2.75) is 30.8 Å². The maximum atomic E-state index is 4.20. The van der Waals surface area contributed by atoms with Crippen molar-refractivity contribution in [1.82, 2.24) is 14.9 Å². The lowest BCUT2D eigenvalue weighted by atomic mass is 10.0. The Kier molecular flexibility index (Phi) is 3.89. The third kappa shape index (κ3) is 2.69. The molecule has 1 aromatic carbocycles. The van der Waals surface area contributed by atoms with Crippen LogP contribution in [0.25, 0.3) is 0 Å². The van der Waals surface area contributed by atoms with Gasteiger partial charge in [0.1, 0.15) is 0 Å². The Balaban J connectivity index is 1.57. The Bertz CT molecular complexity index is 550. The fraction of sp³-hybridized carbons (Fsp3) is 0.400. The number of nitrogens with one attached hydrogen (secondary N) is 1. The average Bonchev–Trinajstić information content (AvgIpc) is 3.06. The van der Waals surface area contributed by atoms with E-state index in [-0.39, 0.29) is 0 Å². The fourth-order valence-electron chi connectivity index (χ4n) is 2.55. The first-order valence-corrected chi connectivity index (χ1v) is 7.78. The number of thioether (sulfide) groups is 1. The number of fused-ring (bicyclic) bond motifs is 1. The number of hydrogen-bond donors (Lipinski definition) is 1. The van der Waals surface area contributed by atoms with Crippen molar-refractivity contribution in [3.05, 3.63) is 48.0 Å². The number of aromatic nitrogens is 2. The highest BCUT2D eigenvalue weighted by atomic mass is 32.2. The number of benzene rings is 1. The highest BCUT2D eigenvalue weighted by Crippen LogP contribution is 2.38. The molecule has 0 amide bonds. The van der Waals surface area contributed by atoms with Gasteiger partial charge in [0, 0.05) is 42.4 Å². The van der Waals surface area contributed by atoms with Crippen LogP contribution < -0.4 is 5.32 Å². The second-order valence-electron chi connectivity index (χ2n) is 4.85. The maximum absolute atomic E-state index is 4.20. The molecule has 0 aliphatic carbocycles. The second-order valence-corrected chi connectivity index (χ2v) is 5.91. The van der Waals surface area contributed by atoms with Crippen LogP contribution in [0.5, 0.6) is 0 Å². The lowest BCUT2D eigenvalue weighted by Gasteiger charge is -2.12. The predicted molar refractivity (Wildman–Crippen MR) is 79.5 cm³/mol. The van der Waals surface area contributed by atoms with E-state index in [1.165, 1.54) is 21.9 Å². The fourth-order valence-corrected chi connectivity index (χ4v) is 3.81. The van der Waals surface area contributed by atoms with Gasteiger partial charge >= 0.3 is 0 Å². The van der Waals surface area contributed by atoms with Crippen LogP contribution in [-0.2, 0) is 13.1 Å². The molecule has 0 fully saturated rings. The molecular formula is C15H19N3S. The van der Waals surface area contributed by atoms with Crippen molar-refractivity contribution in [1.29, 1.82) is 0 Å². The van der Waals surface area contributed by atoms with Gasteiger partial charge in [0.2, 0.25) is 0 Å². The smallest absolute Gasteiger partial charge is 0.0948 e. The highest BCUT2D eigenvalue weighted by Gasteiger charge is 2.21. The van der Waals surface area contributed by atoms with Gasteiger partial charge in [-0.3, -0.25) is 0 Å². The van der Waals surface area contributed by atoms with Crippen LogP contribution in [0.3, 0.4) is 0 Å². The van der Waals surface area contributed by atoms with E-state index in [4.69, 9.17) is 0 Å². The molecule has 1 N–H and O–H groups in total. The molecule has 0 spiro atoms. The van der Waals surface area contributed by atoms with Crippen molar-refractivity contribution in [3.8, 4) is 0 Å². The summed E-state index contributed by atoms with van der Waals surface area (Å²) in [7, 11) is 0. The molecule has 1 aromatic heterocycles. The Morgan fingerprint density at radius 3 is 3.21 bits per heavy atom. The molecule has 2 aromatic rings. The van der Waals surface area contributed by atoms with E-state index in [0.29, 0.717) is 5.92 Å². The first-order valence-electron chi connectivity index (χ1n) is 6.80. The molecule has 19 heavy (non-hydrogen) atoms. The van der Waals surface area contributed by atoms with Crippen LogP contribution >= 0.6 is 11.8 Å². The quantitative estimate of drug-likeness (QED) is 0.908. The zero-order valence-electron chi connectivity index (χ0n) is 11.2. The lowest BCUT2D eigenvalue weighted by molar-refractivity contribution is 0.590. The maximum Gasteiger partial charge on any atom is 0.0948 e. The molecule has 1 aliphatic heterocycles. The number of nitrogens with zero attached hydrogens (tertiary/aromatic N) is 2. The molecule has 1 unspecified atom stereocenters. The number of imidazole rings is 1. The van der Waals surface area contributed by atoms with Gasteiger partial charge in [-0.25, -0.2) is 4.98 Å². The first-order chi connectivity index (χ1) is 9.38. The van der Waals surface area contributed by atoms with Gasteiger partial charge in [-0.1, -0.05) is 18.2 Å². The standard InChI is InChI=1S/C15H19N3S/c1-2-18-11-17-9-13(18)8-16-7-12-10-19-15-6-4-3-5-14(12)15/h3-6,9,11-12,16H,2,7-8,10H2,1H3. The minimum Gasteiger partial charge on any atom is -0.334 e. The summed E-state index contributed by atoms with van der Waals surface area (Å²) in [6, 6.07) is 8.76. The van der Waals surface area contributed by atoms with E-state index in [9.17, 15) is 0 Å². The van der Waals surface area contributed by atoms with Crippen LogP contribution in [0.4, 0.5) is 0 Å². The topological polar surface area (TPSA) is 29.9 Å². The molecule has 1 aliphatic rings. The van der Waals surface area contributed by atoms with Crippen molar-refractivity contribution in [3.63, 3.8) is 0 Å². The molecule has 1 atom stereocenters. The average molecular weight is 273 g/mol. The van der Waals surface area contributed by atoms with Gasteiger partial charge < -0.3 is 9.88 Å². The summed E-state index contributed by atoms with van der Waals surface area (Å²) < 4.78 is 2.18. The summed E-state index contributed by atoms with van der Waals surface area (Å²) in [6.45, 7) is 5.07. The van der Waals surface area contributed by atoms with E-state index in [0.717, 1.165) is 19.6 Å². The van der Waals surface area contributed by atoms with Gasteiger partial charge in [-0.2, -0.15) is 0 Å². The van der Waals surface area contributed by atoms with Gasteiger partial charge in [0.05, 0.1) is 12.0 Å². The summed E-state index contributed by atoms with van der Waals surface area (Å²) >= 11 is 1.97. The lowest BCUT2D eigenvalue weighted by Crippen LogP contribution is -2.22. The third-order valence-electron chi connectivity index (χ3n) is 3.63. The van der Waals surface area contributed by atoms with Crippen molar-refractivity contribution in [2.24, 2.45) is 0 Å². The molecule has 100 valence electrons. The third-order valence-corrected chi connectivity index (χ3v) is 4.89. The Labute approximate surface area is 118 Å². The Morgan fingerprint density at radius 1 is 1.42 bits per heavy atom. The zero-order chi connectivity index (χ0) is 13.1. The van der Waals surface area contributed by atoms with Gasteiger partial charge in [-0.15, -0.1) is 11.8 Å². The molecular weight excluding hydrogens is 254 g/mol. The summed E-state index contributed by atoms with van der Waals surface area (Å²) in [5.41, 5.74) is 2.77. The monoisotopic (exact) mass is 273 g/mol. The van der Waals surface area contributed by atoms with E-state index in [1.807, 2.05) is 24.3 Å². The van der Waals surface area contributed by atoms with E-state index < -0.39 is 0 Å². The number of hydrogen-bond acceptors (Lipinski definition) is 3. The largest absolute Gasteiger partial charge is 0.334 e. The van der Waals surface area contributed by atoms with E-state index in [1.54, 1.807) is 0 Å². The van der Waals surface area contributed by atoms with Crippen molar-refractivity contribution >= 4 is 11.8 Å². The normalized spacial score (nSPS) is 17.6. The van der Waals surface area contributed by atoms with Crippen LogP contribution in [0, 0.1) is 0 Å². The number of rotatable bonds is 5. The van der Waals surface area contributed by atoms with Crippen molar-refractivity contribution < 1.29 is 0 Å². The number of aryl methyl sites for hydroxylation is 1. The molecule has 0 radical (unpaired) electrons. The highest BCUT2D eigenvalue weighted by molar-refractivity contribution is 7.99. The minimum atomic E-state index is 0.638. The van der Waals surface area contributed by atoms with Crippen molar-refractivity contribution in [2.75, 3.05) is 12.3 Å². The Hall–Kier alpha value is -1.26. The zero-order valence-corrected chi connectivity index (χ0v) is 12.0. The van der Waals surface area contributed by atoms with Gasteiger partial charge in [0.15, 0.2) is 0 Å². The molecule has 4 heteroatoms. The summed E-state index contributed by atoms with van der Waals surface area (Å²) in [6.07, 6.45) is 3.85. The van der Waals surface area contributed by atoms with E-state index >= 15 is 0 Å². The second kappa shape index (κ2) is 5.80. The SMILES string of the molecule is CCn1cncc1CNCC1CSc2ccccc21. The predicted octanol–water partition coefficient (Wildman–Crippen LogP) is 2.88. The van der Waals surface area contributed by atoms with Gasteiger partial charge in [-0.05, 0) is 18.6 Å². The van der Waals surface area contributed by atoms with E-state index in [2.05, 4.69) is 46.1 Å². The molecule has 3 nitrogen and oxygen atoms in total. The summed E-state index contributed by atoms with van der Waals surface area (Å²) in [4.78, 5) is 5.65. The summed E-state index contributed by atoms with van der Waals surface area (Å²) in [5, 5.41) is 3.57. The first kappa shape index (κ1) is 12.8.